The van der Waals surface area contributed by atoms with Gasteiger partial charge in [-0.1, -0.05) is 43.0 Å². The Balaban J connectivity index is 1.95. The molecule has 24 heavy (non-hydrogen) atoms. The summed E-state index contributed by atoms with van der Waals surface area (Å²) in [6.45, 7) is 4.11. The predicted molar refractivity (Wildman–Crippen MR) is 90.7 cm³/mol. The van der Waals surface area contributed by atoms with Gasteiger partial charge in [-0.2, -0.15) is 0 Å². The summed E-state index contributed by atoms with van der Waals surface area (Å²) < 4.78 is 10.6. The van der Waals surface area contributed by atoms with Gasteiger partial charge < -0.3 is 19.7 Å². The average Bonchev–Trinajstić information content (AvgIpc) is 2.59. The lowest BCUT2D eigenvalue weighted by molar-refractivity contribution is 0.103. The molecule has 0 amide bonds. The first-order valence-corrected chi connectivity index (χ1v) is 7.58. The molecule has 0 unspecified atom stereocenters. The van der Waals surface area contributed by atoms with Crippen molar-refractivity contribution in [3.05, 3.63) is 72.0 Å². The fourth-order valence-corrected chi connectivity index (χ4v) is 2.10. The van der Waals surface area contributed by atoms with E-state index in [9.17, 15) is 9.90 Å². The van der Waals surface area contributed by atoms with Crippen LogP contribution in [0.2, 0.25) is 0 Å². The molecule has 0 aliphatic rings. The normalized spacial score (nSPS) is 10.3. The number of phenolic OH excluding ortho intramolecular Hbond substituents is 1. The summed E-state index contributed by atoms with van der Waals surface area (Å²) in [6.07, 6.45) is 0.573. The number of carbonyl (C=O) groups excluding carboxylic acids is 1. The minimum absolute atomic E-state index is 0.0271. The van der Waals surface area contributed by atoms with Gasteiger partial charge in [0.15, 0.2) is 17.3 Å². The molecule has 0 fully saturated rings. The Morgan fingerprint density at radius 3 is 2.50 bits per heavy atom. The molecule has 0 aromatic heterocycles. The molecule has 5 nitrogen and oxygen atoms in total. The summed E-state index contributed by atoms with van der Waals surface area (Å²) >= 11 is 0. The molecule has 0 bridgehead atoms. The Hall–Kier alpha value is -2.79. The number of aliphatic hydroxyl groups excluding tert-OH is 1. The molecule has 0 spiro atoms. The van der Waals surface area contributed by atoms with Crippen molar-refractivity contribution in [3.8, 4) is 11.5 Å². The van der Waals surface area contributed by atoms with Crippen molar-refractivity contribution in [1.82, 2.24) is 0 Å². The highest BCUT2D eigenvalue weighted by Gasteiger charge is 2.16. The second-order valence-electron chi connectivity index (χ2n) is 5.17. The maximum atomic E-state index is 12.4. The number of aromatic hydroxyl groups is 1. The maximum absolute atomic E-state index is 12.4. The Bertz CT molecular complexity index is 694. The molecule has 2 aromatic carbocycles. The summed E-state index contributed by atoms with van der Waals surface area (Å²) in [5.41, 5.74) is 0.703. The lowest BCUT2D eigenvalue weighted by Crippen LogP contribution is -2.06. The lowest BCUT2D eigenvalue weighted by atomic mass is 10.0. The van der Waals surface area contributed by atoms with Crippen LogP contribution in [-0.4, -0.2) is 35.8 Å². The molecule has 0 saturated heterocycles. The molecule has 0 saturated carbocycles. The largest absolute Gasteiger partial charge is 0.510 e. The van der Waals surface area contributed by atoms with Gasteiger partial charge in [0.1, 0.15) is 12.4 Å². The van der Waals surface area contributed by atoms with E-state index in [2.05, 4.69) is 6.58 Å². The Kier molecular flexibility index (Phi) is 6.40. The van der Waals surface area contributed by atoms with Crippen molar-refractivity contribution in [2.75, 3.05) is 19.8 Å². The maximum Gasteiger partial charge on any atom is 0.196 e. The second-order valence-corrected chi connectivity index (χ2v) is 5.17. The molecule has 2 rings (SSSR count). The number of phenols is 1. The highest BCUT2D eigenvalue weighted by Crippen LogP contribution is 2.31. The third-order valence-corrected chi connectivity index (χ3v) is 3.24. The van der Waals surface area contributed by atoms with E-state index in [4.69, 9.17) is 14.6 Å². The zero-order valence-electron chi connectivity index (χ0n) is 13.3. The topological polar surface area (TPSA) is 76.0 Å². The zero-order valence-corrected chi connectivity index (χ0v) is 13.3. The molecule has 0 atom stereocenters. The number of carbonyl (C=O) groups is 1. The van der Waals surface area contributed by atoms with Crippen LogP contribution in [0.5, 0.6) is 11.5 Å². The number of hydrogen-bond donors (Lipinski definition) is 2. The first kappa shape index (κ1) is 17.6. The van der Waals surface area contributed by atoms with Crippen LogP contribution in [-0.2, 0) is 4.74 Å². The minimum atomic E-state index is -0.261. The summed E-state index contributed by atoms with van der Waals surface area (Å²) in [5.74, 6) is -0.205. The molecule has 0 heterocycles. The average molecular weight is 328 g/mol. The van der Waals surface area contributed by atoms with Gasteiger partial charge in [-0.3, -0.25) is 4.79 Å². The smallest absolute Gasteiger partial charge is 0.196 e. The van der Waals surface area contributed by atoms with Gasteiger partial charge in [0.25, 0.3) is 0 Å². The van der Waals surface area contributed by atoms with E-state index in [1.54, 1.807) is 42.5 Å². The van der Waals surface area contributed by atoms with Gasteiger partial charge in [0.2, 0.25) is 0 Å². The SMILES string of the molecule is C=C(O)COCCCOc1cccc(C(=O)c2ccccc2)c1O. The van der Waals surface area contributed by atoms with Crippen molar-refractivity contribution in [1.29, 1.82) is 0 Å². The first-order chi connectivity index (χ1) is 11.6. The van der Waals surface area contributed by atoms with E-state index in [-0.39, 0.29) is 35.2 Å². The zero-order chi connectivity index (χ0) is 17.4. The summed E-state index contributed by atoms with van der Waals surface area (Å²) in [5, 5.41) is 19.2. The molecule has 0 aliphatic heterocycles. The van der Waals surface area contributed by atoms with Crippen LogP contribution in [0.1, 0.15) is 22.3 Å². The molecule has 2 aromatic rings. The van der Waals surface area contributed by atoms with Crippen LogP contribution in [0.4, 0.5) is 0 Å². The number of aliphatic hydroxyl groups is 1. The molecular weight excluding hydrogens is 308 g/mol. The van der Waals surface area contributed by atoms with Gasteiger partial charge >= 0.3 is 0 Å². The monoisotopic (exact) mass is 328 g/mol. The number of rotatable bonds is 9. The molecule has 5 heteroatoms. The van der Waals surface area contributed by atoms with Gasteiger partial charge in [0.05, 0.1) is 18.8 Å². The summed E-state index contributed by atoms with van der Waals surface area (Å²) in [7, 11) is 0. The number of hydrogen-bond acceptors (Lipinski definition) is 5. The molecule has 0 radical (unpaired) electrons. The lowest BCUT2D eigenvalue weighted by Gasteiger charge is -2.11. The van der Waals surface area contributed by atoms with E-state index in [1.165, 1.54) is 0 Å². The summed E-state index contributed by atoms with van der Waals surface area (Å²) in [4.78, 5) is 12.4. The van der Waals surface area contributed by atoms with Gasteiger partial charge in [0, 0.05) is 12.0 Å². The van der Waals surface area contributed by atoms with E-state index < -0.39 is 0 Å². The molecule has 0 aliphatic carbocycles. The fourth-order valence-electron chi connectivity index (χ4n) is 2.10. The highest BCUT2D eigenvalue weighted by atomic mass is 16.5. The van der Waals surface area contributed by atoms with Crippen LogP contribution in [0.15, 0.2) is 60.9 Å². The van der Waals surface area contributed by atoms with E-state index in [0.717, 1.165) is 0 Å². The molecular formula is C19H20O5. The van der Waals surface area contributed by atoms with Crippen molar-refractivity contribution in [3.63, 3.8) is 0 Å². The van der Waals surface area contributed by atoms with Crippen LogP contribution < -0.4 is 4.74 Å². The highest BCUT2D eigenvalue weighted by molar-refractivity contribution is 6.11. The van der Waals surface area contributed by atoms with Crippen molar-refractivity contribution < 1.29 is 24.5 Å². The van der Waals surface area contributed by atoms with Crippen LogP contribution in [0, 0.1) is 0 Å². The first-order valence-electron chi connectivity index (χ1n) is 7.58. The third-order valence-electron chi connectivity index (χ3n) is 3.24. The second kappa shape index (κ2) is 8.74. The standard InChI is InChI=1S/C19H20O5/c1-14(20)13-23-11-6-12-24-17-10-5-9-16(19(17)22)18(21)15-7-3-2-4-8-15/h2-5,7-10,20,22H,1,6,11-13H2. The van der Waals surface area contributed by atoms with Crippen LogP contribution in [0.3, 0.4) is 0 Å². The molecule has 2 N–H and O–H groups in total. The van der Waals surface area contributed by atoms with E-state index in [0.29, 0.717) is 25.2 Å². The quantitative estimate of drug-likeness (QED) is 0.419. The molecule has 126 valence electrons. The van der Waals surface area contributed by atoms with Crippen molar-refractivity contribution in [2.45, 2.75) is 6.42 Å². The number of ketones is 1. The third kappa shape index (κ3) is 4.86. The van der Waals surface area contributed by atoms with Gasteiger partial charge in [-0.05, 0) is 12.1 Å². The Morgan fingerprint density at radius 2 is 1.79 bits per heavy atom. The van der Waals surface area contributed by atoms with E-state index in [1.807, 2.05) is 6.07 Å². The van der Waals surface area contributed by atoms with Crippen molar-refractivity contribution >= 4 is 5.78 Å². The van der Waals surface area contributed by atoms with Crippen LogP contribution >= 0.6 is 0 Å². The summed E-state index contributed by atoms with van der Waals surface area (Å²) in [6, 6.07) is 13.6. The Morgan fingerprint density at radius 1 is 1.04 bits per heavy atom. The Labute approximate surface area is 140 Å². The predicted octanol–water partition coefficient (Wildman–Crippen LogP) is 3.48. The van der Waals surface area contributed by atoms with E-state index >= 15 is 0 Å². The van der Waals surface area contributed by atoms with Crippen molar-refractivity contribution in [2.24, 2.45) is 0 Å². The van der Waals surface area contributed by atoms with Crippen LogP contribution in [0.25, 0.3) is 0 Å². The number of para-hydroxylation sites is 1. The number of ether oxygens (including phenoxy) is 2. The number of benzene rings is 2. The fraction of sp³-hybridized carbons (Fsp3) is 0.211. The van der Waals surface area contributed by atoms with Gasteiger partial charge in [-0.15, -0.1) is 0 Å². The van der Waals surface area contributed by atoms with Gasteiger partial charge in [-0.25, -0.2) is 0 Å². The minimum Gasteiger partial charge on any atom is -0.510 e.